The fourth-order valence-electron chi connectivity index (χ4n) is 2.67. The van der Waals surface area contributed by atoms with Crippen molar-refractivity contribution in [3.63, 3.8) is 0 Å². The van der Waals surface area contributed by atoms with Crippen molar-refractivity contribution in [2.75, 3.05) is 39.8 Å². The van der Waals surface area contributed by atoms with E-state index >= 15 is 0 Å². The fourth-order valence-corrected chi connectivity index (χ4v) is 2.67. The van der Waals surface area contributed by atoms with Crippen molar-refractivity contribution in [1.29, 1.82) is 0 Å². The standard InChI is InChI=1S/C12H23N3O/c1-9(2)14(3)12(16)8-15-6-10-4-13-5-11(10)7-15/h9-11,13H,4-8H2,1-3H3/t10-,11+. The van der Waals surface area contributed by atoms with E-state index in [4.69, 9.17) is 0 Å². The Balaban J connectivity index is 1.81. The number of likely N-dealkylation sites (N-methyl/N-ethyl adjacent to an activating group) is 1. The Labute approximate surface area is 98.0 Å². The molecule has 2 aliphatic heterocycles. The highest BCUT2D eigenvalue weighted by Gasteiger charge is 2.36. The molecule has 2 saturated heterocycles. The average molecular weight is 225 g/mol. The predicted molar refractivity (Wildman–Crippen MR) is 64.2 cm³/mol. The molecule has 0 aromatic carbocycles. The lowest BCUT2D eigenvalue weighted by molar-refractivity contribution is -0.132. The summed E-state index contributed by atoms with van der Waals surface area (Å²) >= 11 is 0. The van der Waals surface area contributed by atoms with Crippen LogP contribution in [0.1, 0.15) is 13.8 Å². The Bertz CT molecular complexity index is 255. The topological polar surface area (TPSA) is 35.6 Å². The van der Waals surface area contributed by atoms with Crippen LogP contribution in [0.2, 0.25) is 0 Å². The molecule has 0 bridgehead atoms. The zero-order valence-electron chi connectivity index (χ0n) is 10.6. The first kappa shape index (κ1) is 11.9. The maximum Gasteiger partial charge on any atom is 0.236 e. The van der Waals surface area contributed by atoms with E-state index in [-0.39, 0.29) is 5.91 Å². The number of fused-ring (bicyclic) bond motifs is 1. The molecule has 92 valence electrons. The number of carbonyl (C=O) groups is 1. The van der Waals surface area contributed by atoms with Gasteiger partial charge in [0.1, 0.15) is 0 Å². The van der Waals surface area contributed by atoms with Gasteiger partial charge in [0.2, 0.25) is 5.91 Å². The molecule has 4 nitrogen and oxygen atoms in total. The monoisotopic (exact) mass is 225 g/mol. The molecule has 2 aliphatic rings. The van der Waals surface area contributed by atoms with Gasteiger partial charge in [-0.05, 0) is 38.8 Å². The summed E-state index contributed by atoms with van der Waals surface area (Å²) in [6.07, 6.45) is 0. The van der Waals surface area contributed by atoms with Crippen molar-refractivity contribution in [3.8, 4) is 0 Å². The maximum absolute atomic E-state index is 11.9. The molecule has 0 aliphatic carbocycles. The molecule has 1 amide bonds. The number of rotatable bonds is 3. The Hall–Kier alpha value is -0.610. The Morgan fingerprint density at radius 2 is 1.94 bits per heavy atom. The van der Waals surface area contributed by atoms with E-state index in [0.717, 1.165) is 38.0 Å². The molecule has 0 saturated carbocycles. The third-order valence-corrected chi connectivity index (χ3v) is 3.99. The van der Waals surface area contributed by atoms with Crippen LogP contribution in [0.4, 0.5) is 0 Å². The third-order valence-electron chi connectivity index (χ3n) is 3.99. The number of amides is 1. The molecule has 4 heteroatoms. The van der Waals surface area contributed by atoms with E-state index in [2.05, 4.69) is 24.1 Å². The second-order valence-electron chi connectivity index (χ2n) is 5.47. The molecule has 0 spiro atoms. The van der Waals surface area contributed by atoms with Crippen LogP contribution in [-0.4, -0.2) is 61.5 Å². The summed E-state index contributed by atoms with van der Waals surface area (Å²) in [5.41, 5.74) is 0. The van der Waals surface area contributed by atoms with Gasteiger partial charge in [0.05, 0.1) is 6.54 Å². The average Bonchev–Trinajstić information content (AvgIpc) is 2.76. The number of nitrogens with zero attached hydrogens (tertiary/aromatic N) is 2. The van der Waals surface area contributed by atoms with E-state index in [1.54, 1.807) is 0 Å². The molecular formula is C12H23N3O. The normalized spacial score (nSPS) is 29.8. The van der Waals surface area contributed by atoms with Crippen LogP contribution in [0.25, 0.3) is 0 Å². The molecule has 2 rings (SSSR count). The number of hydrogen-bond donors (Lipinski definition) is 1. The second-order valence-corrected chi connectivity index (χ2v) is 5.47. The molecule has 0 unspecified atom stereocenters. The minimum absolute atomic E-state index is 0.253. The molecular weight excluding hydrogens is 202 g/mol. The first-order chi connectivity index (χ1) is 7.58. The van der Waals surface area contributed by atoms with Crippen LogP contribution in [0, 0.1) is 11.8 Å². The summed E-state index contributed by atoms with van der Waals surface area (Å²) in [6.45, 7) is 9.16. The van der Waals surface area contributed by atoms with Crippen LogP contribution in [0.3, 0.4) is 0 Å². The second kappa shape index (κ2) is 4.72. The van der Waals surface area contributed by atoms with E-state index in [1.165, 1.54) is 0 Å². The lowest BCUT2D eigenvalue weighted by Gasteiger charge is -2.25. The van der Waals surface area contributed by atoms with Gasteiger partial charge in [-0.3, -0.25) is 9.69 Å². The van der Waals surface area contributed by atoms with Gasteiger partial charge in [-0.1, -0.05) is 0 Å². The largest absolute Gasteiger partial charge is 0.342 e. The number of likely N-dealkylation sites (tertiary alicyclic amines) is 1. The quantitative estimate of drug-likeness (QED) is 0.734. The fraction of sp³-hybridized carbons (Fsp3) is 0.917. The van der Waals surface area contributed by atoms with Gasteiger partial charge in [0, 0.05) is 26.2 Å². The summed E-state index contributed by atoms with van der Waals surface area (Å²) in [7, 11) is 1.89. The number of carbonyl (C=O) groups excluding carboxylic acids is 1. The molecule has 1 N–H and O–H groups in total. The van der Waals surface area contributed by atoms with Gasteiger partial charge in [0.25, 0.3) is 0 Å². The van der Waals surface area contributed by atoms with Gasteiger partial charge in [-0.25, -0.2) is 0 Å². The summed E-state index contributed by atoms with van der Waals surface area (Å²) in [4.78, 5) is 16.1. The van der Waals surface area contributed by atoms with E-state index in [9.17, 15) is 4.79 Å². The van der Waals surface area contributed by atoms with Crippen molar-refractivity contribution >= 4 is 5.91 Å². The highest BCUT2D eigenvalue weighted by atomic mass is 16.2. The van der Waals surface area contributed by atoms with Crippen molar-refractivity contribution < 1.29 is 4.79 Å². The molecule has 2 atom stereocenters. The zero-order chi connectivity index (χ0) is 11.7. The molecule has 16 heavy (non-hydrogen) atoms. The van der Waals surface area contributed by atoms with Gasteiger partial charge in [-0.15, -0.1) is 0 Å². The minimum atomic E-state index is 0.253. The van der Waals surface area contributed by atoms with Crippen molar-refractivity contribution in [2.45, 2.75) is 19.9 Å². The van der Waals surface area contributed by atoms with Crippen LogP contribution < -0.4 is 5.32 Å². The third kappa shape index (κ3) is 2.38. The van der Waals surface area contributed by atoms with E-state index < -0.39 is 0 Å². The van der Waals surface area contributed by atoms with E-state index in [1.807, 2.05) is 11.9 Å². The lowest BCUT2D eigenvalue weighted by atomic mass is 10.0. The highest BCUT2D eigenvalue weighted by Crippen LogP contribution is 2.25. The van der Waals surface area contributed by atoms with Crippen molar-refractivity contribution in [3.05, 3.63) is 0 Å². The zero-order valence-corrected chi connectivity index (χ0v) is 10.6. The van der Waals surface area contributed by atoms with Crippen LogP contribution in [0.15, 0.2) is 0 Å². The Morgan fingerprint density at radius 3 is 2.44 bits per heavy atom. The molecule has 0 aromatic heterocycles. The lowest BCUT2D eigenvalue weighted by Crippen LogP contribution is -2.41. The van der Waals surface area contributed by atoms with Crippen molar-refractivity contribution in [2.24, 2.45) is 11.8 Å². The smallest absolute Gasteiger partial charge is 0.236 e. The maximum atomic E-state index is 11.9. The van der Waals surface area contributed by atoms with Gasteiger partial charge in [-0.2, -0.15) is 0 Å². The number of nitrogens with one attached hydrogen (secondary N) is 1. The van der Waals surface area contributed by atoms with Crippen LogP contribution >= 0.6 is 0 Å². The highest BCUT2D eigenvalue weighted by molar-refractivity contribution is 5.78. The minimum Gasteiger partial charge on any atom is -0.342 e. The number of hydrogen-bond acceptors (Lipinski definition) is 3. The Kier molecular flexibility index (Phi) is 3.50. The summed E-state index contributed by atoms with van der Waals surface area (Å²) in [5, 5.41) is 3.42. The molecule has 2 heterocycles. The molecule has 0 aromatic rings. The first-order valence-corrected chi connectivity index (χ1v) is 6.26. The predicted octanol–water partition coefficient (Wildman–Crippen LogP) is 0.00440. The molecule has 0 radical (unpaired) electrons. The summed E-state index contributed by atoms with van der Waals surface area (Å²) in [5.74, 6) is 1.80. The van der Waals surface area contributed by atoms with Gasteiger partial charge >= 0.3 is 0 Å². The Morgan fingerprint density at radius 1 is 1.38 bits per heavy atom. The van der Waals surface area contributed by atoms with Gasteiger partial charge < -0.3 is 10.2 Å². The van der Waals surface area contributed by atoms with Gasteiger partial charge in [0.15, 0.2) is 0 Å². The van der Waals surface area contributed by atoms with E-state index in [0.29, 0.717) is 12.6 Å². The summed E-state index contributed by atoms with van der Waals surface area (Å²) in [6, 6.07) is 0.302. The SMILES string of the molecule is CC(C)N(C)C(=O)CN1C[C@H]2CNC[C@H]2C1. The summed E-state index contributed by atoms with van der Waals surface area (Å²) < 4.78 is 0. The van der Waals surface area contributed by atoms with Crippen LogP contribution in [-0.2, 0) is 4.79 Å². The van der Waals surface area contributed by atoms with Crippen molar-refractivity contribution in [1.82, 2.24) is 15.1 Å². The van der Waals surface area contributed by atoms with Crippen LogP contribution in [0.5, 0.6) is 0 Å². The first-order valence-electron chi connectivity index (χ1n) is 6.26. The molecule has 2 fully saturated rings.